The van der Waals surface area contributed by atoms with Crippen LogP contribution in [-0.2, 0) is 9.59 Å². The van der Waals surface area contributed by atoms with E-state index in [1.54, 1.807) is 6.92 Å². The van der Waals surface area contributed by atoms with Crippen LogP contribution in [0.15, 0.2) is 17.7 Å². The first kappa shape index (κ1) is 11.1. The number of carboxylic acids is 1. The highest BCUT2D eigenvalue weighted by atomic mass is 16.4. The molecule has 0 aromatic carbocycles. The molecule has 88 valence electrons. The van der Waals surface area contributed by atoms with Crippen molar-refractivity contribution in [3.05, 3.63) is 29.1 Å². The maximum absolute atomic E-state index is 11.7. The molecule has 0 saturated heterocycles. The van der Waals surface area contributed by atoms with E-state index in [0.717, 1.165) is 4.90 Å². The summed E-state index contributed by atoms with van der Waals surface area (Å²) < 4.78 is 0. The van der Waals surface area contributed by atoms with Crippen molar-refractivity contribution in [2.45, 2.75) is 13.8 Å². The van der Waals surface area contributed by atoms with Crippen LogP contribution in [0.3, 0.4) is 0 Å². The molecule has 0 radical (unpaired) electrons. The molecule has 2 rings (SSSR count). The summed E-state index contributed by atoms with van der Waals surface area (Å²) in [5.41, 5.74) is 0.790. The van der Waals surface area contributed by atoms with Gasteiger partial charge in [-0.05, 0) is 19.9 Å². The molecular formula is C11H10N2O4. The lowest BCUT2D eigenvalue weighted by molar-refractivity contribution is -0.120. The van der Waals surface area contributed by atoms with Crippen molar-refractivity contribution in [2.75, 3.05) is 4.90 Å². The van der Waals surface area contributed by atoms with Crippen LogP contribution in [0.5, 0.6) is 0 Å². The Morgan fingerprint density at radius 1 is 1.35 bits per heavy atom. The van der Waals surface area contributed by atoms with Gasteiger partial charge in [-0.1, -0.05) is 0 Å². The number of carbonyl (C=O) groups is 3. The fourth-order valence-electron chi connectivity index (χ4n) is 1.73. The van der Waals surface area contributed by atoms with Crippen molar-refractivity contribution in [2.24, 2.45) is 0 Å². The van der Waals surface area contributed by atoms with Crippen LogP contribution < -0.4 is 4.90 Å². The van der Waals surface area contributed by atoms with Crippen molar-refractivity contribution in [3.8, 4) is 0 Å². The van der Waals surface area contributed by atoms with Gasteiger partial charge in [0.1, 0.15) is 5.69 Å². The number of anilines is 1. The summed E-state index contributed by atoms with van der Waals surface area (Å²) in [6, 6.07) is 1.46. The number of carboxylic acid groups (broad SMARTS) is 1. The summed E-state index contributed by atoms with van der Waals surface area (Å²) in [5, 5.41) is 8.98. The summed E-state index contributed by atoms with van der Waals surface area (Å²) >= 11 is 0. The third kappa shape index (κ3) is 1.63. The largest absolute Gasteiger partial charge is 0.477 e. The molecule has 2 heterocycles. The number of carbonyl (C=O) groups excluding carboxylic acids is 2. The number of aryl methyl sites for hydroxylation is 1. The molecule has 17 heavy (non-hydrogen) atoms. The van der Waals surface area contributed by atoms with Gasteiger partial charge in [0.05, 0.1) is 5.69 Å². The minimum atomic E-state index is -1.21. The maximum Gasteiger partial charge on any atom is 0.354 e. The molecule has 0 fully saturated rings. The Balaban J connectivity index is 2.52. The Hall–Kier alpha value is -2.37. The van der Waals surface area contributed by atoms with Crippen molar-refractivity contribution < 1.29 is 19.5 Å². The van der Waals surface area contributed by atoms with Crippen molar-refractivity contribution in [3.63, 3.8) is 0 Å². The van der Waals surface area contributed by atoms with Gasteiger partial charge in [-0.3, -0.25) is 9.59 Å². The fraction of sp³-hybridized carbons (Fsp3) is 0.182. The van der Waals surface area contributed by atoms with Crippen LogP contribution in [0.25, 0.3) is 0 Å². The first-order valence-corrected chi connectivity index (χ1v) is 4.91. The minimum absolute atomic E-state index is 0.0816. The molecule has 0 atom stereocenters. The normalized spacial score (nSPS) is 15.4. The van der Waals surface area contributed by atoms with Crippen molar-refractivity contribution >= 4 is 23.5 Å². The predicted octanol–water partition coefficient (Wildman–Crippen LogP) is 0.841. The Bertz CT molecular complexity index is 568. The smallest absolute Gasteiger partial charge is 0.354 e. The third-order valence-electron chi connectivity index (χ3n) is 2.49. The zero-order valence-corrected chi connectivity index (χ0v) is 9.27. The highest BCUT2D eigenvalue weighted by Gasteiger charge is 2.33. The molecule has 2 N–H and O–H groups in total. The minimum Gasteiger partial charge on any atom is -0.477 e. The number of aromatic nitrogens is 1. The molecule has 0 bridgehead atoms. The molecular weight excluding hydrogens is 224 g/mol. The van der Waals surface area contributed by atoms with E-state index in [1.165, 1.54) is 19.1 Å². The quantitative estimate of drug-likeness (QED) is 0.742. The van der Waals surface area contributed by atoms with E-state index in [2.05, 4.69) is 4.98 Å². The van der Waals surface area contributed by atoms with Gasteiger partial charge in [-0.15, -0.1) is 0 Å². The van der Waals surface area contributed by atoms with Crippen LogP contribution in [-0.4, -0.2) is 27.9 Å². The first-order valence-electron chi connectivity index (χ1n) is 4.91. The van der Waals surface area contributed by atoms with Gasteiger partial charge in [0, 0.05) is 17.3 Å². The lowest BCUT2D eigenvalue weighted by atomic mass is 10.3. The third-order valence-corrected chi connectivity index (χ3v) is 2.49. The lowest BCUT2D eigenvalue weighted by Gasteiger charge is -2.13. The SMILES string of the molecule is CC1=CC(=O)N(c2cc(C)[nH]c2C(=O)O)C1=O. The monoisotopic (exact) mass is 234 g/mol. The molecule has 1 aromatic rings. The number of nitrogens with one attached hydrogen (secondary N) is 1. The fourth-order valence-corrected chi connectivity index (χ4v) is 1.73. The van der Waals surface area contributed by atoms with E-state index in [9.17, 15) is 14.4 Å². The molecule has 6 nitrogen and oxygen atoms in total. The lowest BCUT2D eigenvalue weighted by Crippen LogP contribution is -2.31. The van der Waals surface area contributed by atoms with Gasteiger partial charge in [-0.2, -0.15) is 0 Å². The summed E-state index contributed by atoms with van der Waals surface area (Å²) in [5.74, 6) is -2.22. The average molecular weight is 234 g/mol. The van der Waals surface area contributed by atoms with Gasteiger partial charge in [-0.25, -0.2) is 9.69 Å². The highest BCUT2D eigenvalue weighted by Crippen LogP contribution is 2.27. The second-order valence-electron chi connectivity index (χ2n) is 3.82. The van der Waals surface area contributed by atoms with Crippen LogP contribution in [0.1, 0.15) is 23.1 Å². The highest BCUT2D eigenvalue weighted by molar-refractivity contribution is 6.31. The Labute approximate surface area is 96.5 Å². The number of hydrogen-bond donors (Lipinski definition) is 2. The summed E-state index contributed by atoms with van der Waals surface area (Å²) in [7, 11) is 0. The number of amides is 2. The molecule has 0 spiro atoms. The summed E-state index contributed by atoms with van der Waals surface area (Å²) in [6.07, 6.45) is 1.19. The van der Waals surface area contributed by atoms with Crippen molar-refractivity contribution in [1.29, 1.82) is 0 Å². The second-order valence-corrected chi connectivity index (χ2v) is 3.82. The standard InChI is InChI=1S/C11H10N2O4/c1-5-3-8(14)13(10(5)15)7-4-6(2)12-9(7)11(16)17/h3-4,12H,1-2H3,(H,16,17). The van der Waals surface area contributed by atoms with E-state index in [-0.39, 0.29) is 11.4 Å². The number of imide groups is 1. The van der Waals surface area contributed by atoms with Crippen LogP contribution >= 0.6 is 0 Å². The van der Waals surface area contributed by atoms with E-state index in [0.29, 0.717) is 11.3 Å². The van der Waals surface area contributed by atoms with E-state index in [1.807, 2.05) is 0 Å². The summed E-state index contributed by atoms with van der Waals surface area (Å²) in [4.78, 5) is 37.8. The van der Waals surface area contributed by atoms with Gasteiger partial charge < -0.3 is 10.1 Å². The first-order chi connectivity index (χ1) is 7.91. The summed E-state index contributed by atoms with van der Waals surface area (Å²) in [6.45, 7) is 3.17. The van der Waals surface area contributed by atoms with Crippen LogP contribution in [0.4, 0.5) is 5.69 Å². The van der Waals surface area contributed by atoms with Crippen molar-refractivity contribution in [1.82, 2.24) is 4.98 Å². The number of H-pyrrole nitrogens is 1. The number of aromatic carboxylic acids is 1. The topological polar surface area (TPSA) is 90.5 Å². The van der Waals surface area contributed by atoms with Crippen LogP contribution in [0.2, 0.25) is 0 Å². The number of nitrogens with zero attached hydrogens (tertiary/aromatic N) is 1. The molecule has 1 aliphatic rings. The Morgan fingerprint density at radius 3 is 2.47 bits per heavy atom. The molecule has 0 unspecified atom stereocenters. The predicted molar refractivity (Wildman–Crippen MR) is 58.7 cm³/mol. The van der Waals surface area contributed by atoms with Gasteiger partial charge in [0.25, 0.3) is 11.8 Å². The van der Waals surface area contributed by atoms with Gasteiger partial charge in [0.2, 0.25) is 0 Å². The Morgan fingerprint density at radius 2 is 2.00 bits per heavy atom. The van der Waals surface area contributed by atoms with Crippen LogP contribution in [0, 0.1) is 6.92 Å². The molecule has 2 amide bonds. The van der Waals surface area contributed by atoms with Gasteiger partial charge in [0.15, 0.2) is 0 Å². The molecule has 1 aliphatic heterocycles. The second kappa shape index (κ2) is 3.58. The number of aromatic amines is 1. The average Bonchev–Trinajstić information content (AvgIpc) is 2.70. The maximum atomic E-state index is 11.7. The molecule has 1 aromatic heterocycles. The molecule has 6 heteroatoms. The zero-order valence-electron chi connectivity index (χ0n) is 9.27. The van der Waals surface area contributed by atoms with E-state index in [4.69, 9.17) is 5.11 Å². The number of hydrogen-bond acceptors (Lipinski definition) is 3. The zero-order chi connectivity index (χ0) is 12.7. The number of rotatable bonds is 2. The van der Waals surface area contributed by atoms with E-state index < -0.39 is 17.8 Å². The molecule has 0 aliphatic carbocycles. The Kier molecular flexibility index (Phi) is 2.35. The van der Waals surface area contributed by atoms with E-state index >= 15 is 0 Å². The molecule has 0 saturated carbocycles. The van der Waals surface area contributed by atoms with Gasteiger partial charge >= 0.3 is 5.97 Å².